The Hall–Kier alpha value is -3.58. The summed E-state index contributed by atoms with van der Waals surface area (Å²) in [6, 6.07) is 14.0. The molecular weight excluding hydrogens is 429 g/mol. The van der Waals surface area contributed by atoms with Crippen LogP contribution in [0.4, 0.5) is 15.9 Å². The summed E-state index contributed by atoms with van der Waals surface area (Å²) in [6.07, 6.45) is 4.38. The van der Waals surface area contributed by atoms with Crippen molar-refractivity contribution in [2.24, 2.45) is 0 Å². The van der Waals surface area contributed by atoms with E-state index >= 15 is 0 Å². The summed E-state index contributed by atoms with van der Waals surface area (Å²) in [5.41, 5.74) is 3.10. The Balaban J connectivity index is 1.77. The van der Waals surface area contributed by atoms with E-state index in [2.05, 4.69) is 10.3 Å². The summed E-state index contributed by atoms with van der Waals surface area (Å²) in [5.74, 6) is 0.635. The van der Waals surface area contributed by atoms with Gasteiger partial charge in [0.1, 0.15) is 11.6 Å². The lowest BCUT2D eigenvalue weighted by atomic mass is 10.1. The van der Waals surface area contributed by atoms with Crippen molar-refractivity contribution in [3.8, 4) is 11.4 Å². The number of nitrogens with zero attached hydrogens (tertiary/aromatic N) is 4. The Morgan fingerprint density at radius 3 is 2.69 bits per heavy atom. The molecule has 0 aliphatic rings. The van der Waals surface area contributed by atoms with Crippen molar-refractivity contribution in [2.45, 2.75) is 12.8 Å². The van der Waals surface area contributed by atoms with E-state index in [9.17, 15) is 9.18 Å². The molecular formula is C24H21ClFN5O. The van der Waals surface area contributed by atoms with Gasteiger partial charge in [-0.15, -0.1) is 0 Å². The molecule has 0 spiro atoms. The quantitative estimate of drug-likeness (QED) is 0.435. The molecule has 0 bridgehead atoms. The van der Waals surface area contributed by atoms with Crippen LogP contribution in [0.1, 0.15) is 12.0 Å². The number of hydrogen-bond acceptors (Lipinski definition) is 5. The molecule has 1 amide bonds. The van der Waals surface area contributed by atoms with E-state index in [0.717, 1.165) is 22.0 Å². The largest absolute Gasteiger partial charge is 0.349 e. The first-order valence-corrected chi connectivity index (χ1v) is 10.4. The molecule has 162 valence electrons. The lowest BCUT2D eigenvalue weighted by molar-refractivity contribution is -0.128. The van der Waals surface area contributed by atoms with Crippen LogP contribution in [0.3, 0.4) is 0 Å². The predicted octanol–water partition coefficient (Wildman–Crippen LogP) is 5.25. The van der Waals surface area contributed by atoms with E-state index in [1.165, 1.54) is 12.1 Å². The molecule has 0 saturated carbocycles. The van der Waals surface area contributed by atoms with Crippen molar-refractivity contribution in [1.29, 1.82) is 0 Å². The van der Waals surface area contributed by atoms with Crippen molar-refractivity contribution < 1.29 is 9.18 Å². The van der Waals surface area contributed by atoms with Crippen LogP contribution in [-0.4, -0.2) is 39.9 Å². The van der Waals surface area contributed by atoms with Crippen LogP contribution in [0.5, 0.6) is 0 Å². The van der Waals surface area contributed by atoms with Crippen LogP contribution in [-0.2, 0) is 11.2 Å². The predicted molar refractivity (Wildman–Crippen MR) is 124 cm³/mol. The number of rotatable bonds is 6. The summed E-state index contributed by atoms with van der Waals surface area (Å²) in [7, 11) is 3.48. The molecule has 0 aliphatic heterocycles. The van der Waals surface area contributed by atoms with Crippen LogP contribution in [0.2, 0.25) is 5.02 Å². The van der Waals surface area contributed by atoms with Crippen LogP contribution in [0, 0.1) is 5.82 Å². The maximum absolute atomic E-state index is 13.6. The summed E-state index contributed by atoms with van der Waals surface area (Å²) in [6.45, 7) is 0. The number of carbonyl (C=O) groups is 1. The van der Waals surface area contributed by atoms with Gasteiger partial charge in [0.15, 0.2) is 5.82 Å². The molecule has 2 heterocycles. The number of amides is 1. The summed E-state index contributed by atoms with van der Waals surface area (Å²) in [5, 5.41) is 4.04. The molecule has 1 N–H and O–H groups in total. The van der Waals surface area contributed by atoms with Gasteiger partial charge >= 0.3 is 0 Å². The molecule has 32 heavy (non-hydrogen) atoms. The first-order chi connectivity index (χ1) is 15.4. The average Bonchev–Trinajstić information content (AvgIpc) is 2.80. The normalized spacial score (nSPS) is 10.9. The van der Waals surface area contributed by atoms with Crippen LogP contribution in [0.15, 0.2) is 60.9 Å². The Morgan fingerprint density at radius 2 is 1.97 bits per heavy atom. The first kappa shape index (κ1) is 21.6. The van der Waals surface area contributed by atoms with Crippen molar-refractivity contribution in [2.75, 3.05) is 19.4 Å². The number of halogens is 2. The van der Waals surface area contributed by atoms with Crippen LogP contribution >= 0.6 is 11.6 Å². The molecule has 0 unspecified atom stereocenters. The molecule has 2 aromatic carbocycles. The Kier molecular flexibility index (Phi) is 6.28. The van der Waals surface area contributed by atoms with Crippen molar-refractivity contribution in [3.05, 3.63) is 77.3 Å². The van der Waals surface area contributed by atoms with E-state index < -0.39 is 5.82 Å². The third-order valence-electron chi connectivity index (χ3n) is 4.99. The molecule has 4 rings (SSSR count). The molecule has 8 heteroatoms. The number of hydrogen-bond donors (Lipinski definition) is 1. The summed E-state index contributed by atoms with van der Waals surface area (Å²) in [4.78, 5) is 27.1. The number of carbonyl (C=O) groups excluding carboxylic acids is 1. The zero-order valence-electron chi connectivity index (χ0n) is 17.6. The summed E-state index contributed by atoms with van der Waals surface area (Å²) < 4.78 is 13.6. The molecule has 2 aromatic heterocycles. The van der Waals surface area contributed by atoms with Gasteiger partial charge in [0.05, 0.1) is 10.5 Å². The third-order valence-corrected chi connectivity index (χ3v) is 5.28. The monoisotopic (exact) mass is 449 g/mol. The first-order valence-electron chi connectivity index (χ1n) is 10.0. The number of aryl methyl sites for hydroxylation is 1. The Morgan fingerprint density at radius 1 is 1.12 bits per heavy atom. The van der Waals surface area contributed by atoms with Gasteiger partial charge < -0.3 is 10.2 Å². The van der Waals surface area contributed by atoms with Crippen molar-refractivity contribution in [3.63, 3.8) is 0 Å². The van der Waals surface area contributed by atoms with Gasteiger partial charge in [0.25, 0.3) is 0 Å². The minimum atomic E-state index is -0.492. The van der Waals surface area contributed by atoms with Gasteiger partial charge in [-0.1, -0.05) is 17.7 Å². The fourth-order valence-corrected chi connectivity index (χ4v) is 3.42. The van der Waals surface area contributed by atoms with Gasteiger partial charge in [-0.3, -0.25) is 9.78 Å². The average molecular weight is 450 g/mol. The summed E-state index contributed by atoms with van der Waals surface area (Å²) >= 11 is 5.96. The topological polar surface area (TPSA) is 71.0 Å². The van der Waals surface area contributed by atoms with Gasteiger partial charge in [-0.05, 0) is 54.4 Å². The molecule has 4 aromatic rings. The van der Waals surface area contributed by atoms with Crippen LogP contribution in [0.25, 0.3) is 22.3 Å². The van der Waals surface area contributed by atoms with Crippen molar-refractivity contribution >= 4 is 39.9 Å². The van der Waals surface area contributed by atoms with E-state index in [-0.39, 0.29) is 10.9 Å². The molecule has 0 atom stereocenters. The number of aromatic nitrogens is 3. The van der Waals surface area contributed by atoms with Gasteiger partial charge in [0.2, 0.25) is 5.91 Å². The molecule has 6 nitrogen and oxygen atoms in total. The van der Waals surface area contributed by atoms with E-state index in [4.69, 9.17) is 21.6 Å². The maximum Gasteiger partial charge on any atom is 0.222 e. The minimum Gasteiger partial charge on any atom is -0.349 e. The highest BCUT2D eigenvalue weighted by atomic mass is 35.5. The second kappa shape index (κ2) is 9.28. The zero-order chi connectivity index (χ0) is 22.7. The van der Waals surface area contributed by atoms with Gasteiger partial charge in [-0.25, -0.2) is 14.4 Å². The lowest BCUT2D eigenvalue weighted by Gasteiger charge is -2.13. The van der Waals surface area contributed by atoms with E-state index in [1.807, 2.05) is 30.3 Å². The van der Waals surface area contributed by atoms with E-state index in [1.54, 1.807) is 37.5 Å². The van der Waals surface area contributed by atoms with E-state index in [0.29, 0.717) is 30.2 Å². The number of nitrogens with one attached hydrogen (secondary N) is 1. The zero-order valence-corrected chi connectivity index (χ0v) is 18.4. The molecule has 0 saturated heterocycles. The number of anilines is 2. The third kappa shape index (κ3) is 4.84. The number of fused-ring (bicyclic) bond motifs is 1. The fraction of sp³-hybridized carbons (Fsp3) is 0.167. The Labute approximate surface area is 190 Å². The standard InChI is InChI=1S/C24H21ClFN5O/c1-31(2)22(32)10-6-15-5-9-21-18(12-15)24(28-17-7-8-20(26)19(25)13-17)30-23(29-21)16-4-3-11-27-14-16/h3-5,7-9,11-14H,6,10H2,1-2H3,(H,28,29,30). The van der Waals surface area contributed by atoms with Gasteiger partial charge in [0, 0.05) is 49.5 Å². The Bertz CT molecular complexity index is 1280. The number of benzene rings is 2. The number of pyridine rings is 1. The highest BCUT2D eigenvalue weighted by Crippen LogP contribution is 2.29. The smallest absolute Gasteiger partial charge is 0.222 e. The highest BCUT2D eigenvalue weighted by Gasteiger charge is 2.13. The maximum atomic E-state index is 13.6. The molecule has 0 aliphatic carbocycles. The second-order valence-electron chi connectivity index (χ2n) is 7.53. The second-order valence-corrected chi connectivity index (χ2v) is 7.94. The lowest BCUT2D eigenvalue weighted by Crippen LogP contribution is -2.21. The van der Waals surface area contributed by atoms with Crippen molar-refractivity contribution in [1.82, 2.24) is 19.9 Å². The van der Waals surface area contributed by atoms with Gasteiger partial charge in [-0.2, -0.15) is 0 Å². The van der Waals surface area contributed by atoms with Crippen LogP contribution < -0.4 is 5.32 Å². The molecule has 0 radical (unpaired) electrons. The minimum absolute atomic E-state index is 0.0173. The highest BCUT2D eigenvalue weighted by molar-refractivity contribution is 6.31. The SMILES string of the molecule is CN(C)C(=O)CCc1ccc2nc(-c3cccnc3)nc(Nc3ccc(F)c(Cl)c3)c2c1. The fourth-order valence-electron chi connectivity index (χ4n) is 3.24. The molecule has 0 fully saturated rings.